The molecule has 68 valence electrons. The van der Waals surface area contributed by atoms with Crippen molar-refractivity contribution in [1.29, 1.82) is 0 Å². The number of hydrogen-bond donors (Lipinski definition) is 1. The molecule has 0 aromatic heterocycles. The van der Waals surface area contributed by atoms with Crippen molar-refractivity contribution in [1.82, 2.24) is 5.32 Å². The van der Waals surface area contributed by atoms with Crippen LogP contribution in [0.15, 0.2) is 0 Å². The predicted molar refractivity (Wildman–Crippen MR) is 52.4 cm³/mol. The highest BCUT2D eigenvalue weighted by molar-refractivity contribution is 9.09. The Balaban J connectivity index is 2.97. The van der Waals surface area contributed by atoms with Crippen molar-refractivity contribution in [3.8, 4) is 0 Å². The molecule has 0 aromatic rings. The van der Waals surface area contributed by atoms with Crippen LogP contribution in [0.25, 0.3) is 0 Å². The Morgan fingerprint density at radius 3 is 2.82 bits per heavy atom. The fourth-order valence-corrected chi connectivity index (χ4v) is 1.47. The Labute approximate surface area is 77.8 Å². The monoisotopic (exact) mass is 223 g/mol. The van der Waals surface area contributed by atoms with Gasteiger partial charge in [0.05, 0.1) is 6.61 Å². The minimum atomic E-state index is 0.592. The van der Waals surface area contributed by atoms with Crippen molar-refractivity contribution >= 4 is 15.9 Å². The molecule has 11 heavy (non-hydrogen) atoms. The van der Waals surface area contributed by atoms with E-state index in [1.807, 2.05) is 6.92 Å². The summed E-state index contributed by atoms with van der Waals surface area (Å²) >= 11 is 3.40. The molecule has 1 unspecified atom stereocenters. The van der Waals surface area contributed by atoms with Crippen LogP contribution in [0.4, 0.5) is 0 Å². The van der Waals surface area contributed by atoms with E-state index in [0.717, 1.165) is 25.1 Å². The molecular weight excluding hydrogens is 206 g/mol. The SMILES string of the molecule is CCOCCNC(C)CCBr. The third-order valence-corrected chi connectivity index (χ3v) is 1.94. The van der Waals surface area contributed by atoms with Gasteiger partial charge in [-0.2, -0.15) is 0 Å². The highest BCUT2D eigenvalue weighted by atomic mass is 79.9. The first kappa shape index (κ1) is 11.4. The predicted octanol–water partition coefficient (Wildman–Crippen LogP) is 1.79. The number of rotatable bonds is 7. The third-order valence-electron chi connectivity index (χ3n) is 1.49. The van der Waals surface area contributed by atoms with Gasteiger partial charge >= 0.3 is 0 Å². The van der Waals surface area contributed by atoms with Crippen LogP contribution in [-0.4, -0.2) is 31.1 Å². The minimum Gasteiger partial charge on any atom is -0.380 e. The molecule has 0 aromatic carbocycles. The van der Waals surface area contributed by atoms with Gasteiger partial charge in [0, 0.05) is 24.5 Å². The Hall–Kier alpha value is 0.400. The lowest BCUT2D eigenvalue weighted by molar-refractivity contribution is 0.147. The standard InChI is InChI=1S/C8H18BrNO/c1-3-11-7-6-10-8(2)4-5-9/h8,10H,3-7H2,1-2H3. The zero-order valence-corrected chi connectivity index (χ0v) is 8.99. The van der Waals surface area contributed by atoms with Gasteiger partial charge in [-0.3, -0.25) is 0 Å². The van der Waals surface area contributed by atoms with E-state index in [2.05, 4.69) is 28.2 Å². The van der Waals surface area contributed by atoms with Crippen molar-refractivity contribution in [2.45, 2.75) is 26.3 Å². The molecule has 0 aliphatic heterocycles. The van der Waals surface area contributed by atoms with Gasteiger partial charge in [-0.15, -0.1) is 0 Å². The zero-order chi connectivity index (χ0) is 8.53. The van der Waals surface area contributed by atoms with Crippen LogP contribution in [0, 0.1) is 0 Å². The van der Waals surface area contributed by atoms with E-state index in [9.17, 15) is 0 Å². The molecule has 0 heterocycles. The lowest BCUT2D eigenvalue weighted by Crippen LogP contribution is -2.29. The maximum Gasteiger partial charge on any atom is 0.0590 e. The summed E-state index contributed by atoms with van der Waals surface area (Å²) in [6.45, 7) is 6.80. The molecule has 0 spiro atoms. The second kappa shape index (κ2) is 8.50. The summed E-state index contributed by atoms with van der Waals surface area (Å²) in [5.41, 5.74) is 0. The Morgan fingerprint density at radius 1 is 1.55 bits per heavy atom. The van der Waals surface area contributed by atoms with Gasteiger partial charge in [-0.05, 0) is 20.3 Å². The minimum absolute atomic E-state index is 0.592. The molecule has 0 saturated heterocycles. The second-order valence-corrected chi connectivity index (χ2v) is 3.32. The van der Waals surface area contributed by atoms with E-state index in [-0.39, 0.29) is 0 Å². The topological polar surface area (TPSA) is 21.3 Å². The number of alkyl halides is 1. The molecule has 0 aliphatic rings. The summed E-state index contributed by atoms with van der Waals surface area (Å²) in [5, 5.41) is 4.43. The molecule has 0 fully saturated rings. The first-order valence-electron chi connectivity index (χ1n) is 4.18. The molecule has 0 saturated carbocycles. The van der Waals surface area contributed by atoms with E-state index >= 15 is 0 Å². The van der Waals surface area contributed by atoms with Gasteiger partial charge in [-0.1, -0.05) is 15.9 Å². The van der Waals surface area contributed by atoms with Crippen LogP contribution < -0.4 is 5.32 Å². The molecule has 3 heteroatoms. The zero-order valence-electron chi connectivity index (χ0n) is 7.40. The van der Waals surface area contributed by atoms with Crippen LogP contribution in [0.5, 0.6) is 0 Å². The summed E-state index contributed by atoms with van der Waals surface area (Å²) in [6.07, 6.45) is 1.17. The van der Waals surface area contributed by atoms with Crippen molar-refractivity contribution in [2.75, 3.05) is 25.1 Å². The van der Waals surface area contributed by atoms with Gasteiger partial charge in [-0.25, -0.2) is 0 Å². The number of nitrogens with one attached hydrogen (secondary N) is 1. The average molecular weight is 224 g/mol. The van der Waals surface area contributed by atoms with Gasteiger partial charge in [0.25, 0.3) is 0 Å². The highest BCUT2D eigenvalue weighted by Gasteiger charge is 1.97. The van der Waals surface area contributed by atoms with Crippen molar-refractivity contribution in [2.24, 2.45) is 0 Å². The maximum absolute atomic E-state index is 5.19. The average Bonchev–Trinajstić information content (AvgIpc) is 1.99. The molecule has 0 radical (unpaired) electrons. The van der Waals surface area contributed by atoms with E-state index in [1.54, 1.807) is 0 Å². The first-order chi connectivity index (χ1) is 5.31. The summed E-state index contributed by atoms with van der Waals surface area (Å²) < 4.78 is 5.19. The highest BCUT2D eigenvalue weighted by Crippen LogP contribution is 1.93. The molecule has 1 atom stereocenters. The number of halogens is 1. The molecule has 0 aliphatic carbocycles. The van der Waals surface area contributed by atoms with E-state index < -0.39 is 0 Å². The van der Waals surface area contributed by atoms with Crippen molar-refractivity contribution in [3.05, 3.63) is 0 Å². The largest absolute Gasteiger partial charge is 0.380 e. The van der Waals surface area contributed by atoms with Crippen molar-refractivity contribution in [3.63, 3.8) is 0 Å². The molecule has 1 N–H and O–H groups in total. The normalized spacial score (nSPS) is 13.4. The van der Waals surface area contributed by atoms with E-state index in [0.29, 0.717) is 6.04 Å². The lowest BCUT2D eigenvalue weighted by Gasteiger charge is -2.11. The molecule has 2 nitrogen and oxygen atoms in total. The fourth-order valence-electron chi connectivity index (χ4n) is 0.788. The maximum atomic E-state index is 5.19. The number of ether oxygens (including phenoxy) is 1. The first-order valence-corrected chi connectivity index (χ1v) is 5.30. The Morgan fingerprint density at radius 2 is 2.27 bits per heavy atom. The van der Waals surface area contributed by atoms with Gasteiger partial charge in [0.15, 0.2) is 0 Å². The Bertz CT molecular complexity index is 80.5. The van der Waals surface area contributed by atoms with Crippen LogP contribution in [0.2, 0.25) is 0 Å². The quantitative estimate of drug-likeness (QED) is 0.525. The second-order valence-electron chi connectivity index (χ2n) is 2.53. The molecule has 0 rings (SSSR count). The number of hydrogen-bond acceptors (Lipinski definition) is 2. The van der Waals surface area contributed by atoms with Gasteiger partial charge in [0.1, 0.15) is 0 Å². The van der Waals surface area contributed by atoms with Gasteiger partial charge < -0.3 is 10.1 Å². The smallest absolute Gasteiger partial charge is 0.0590 e. The van der Waals surface area contributed by atoms with E-state index in [4.69, 9.17) is 4.74 Å². The van der Waals surface area contributed by atoms with Crippen molar-refractivity contribution < 1.29 is 4.74 Å². The Kier molecular flexibility index (Phi) is 8.81. The van der Waals surface area contributed by atoms with Crippen LogP contribution in [0.3, 0.4) is 0 Å². The lowest BCUT2D eigenvalue weighted by atomic mass is 10.3. The summed E-state index contributed by atoms with van der Waals surface area (Å²) in [6, 6.07) is 0.592. The summed E-state index contributed by atoms with van der Waals surface area (Å²) in [4.78, 5) is 0. The van der Waals surface area contributed by atoms with Crippen LogP contribution in [-0.2, 0) is 4.74 Å². The molecule has 0 amide bonds. The molecular formula is C8H18BrNO. The molecule has 0 bridgehead atoms. The fraction of sp³-hybridized carbons (Fsp3) is 1.00. The van der Waals surface area contributed by atoms with E-state index in [1.165, 1.54) is 6.42 Å². The summed E-state index contributed by atoms with van der Waals surface area (Å²) in [7, 11) is 0. The van der Waals surface area contributed by atoms with Crippen LogP contribution in [0.1, 0.15) is 20.3 Å². The van der Waals surface area contributed by atoms with Crippen LogP contribution >= 0.6 is 15.9 Å². The van der Waals surface area contributed by atoms with Gasteiger partial charge in [0.2, 0.25) is 0 Å². The summed E-state index contributed by atoms with van der Waals surface area (Å²) in [5.74, 6) is 0. The third kappa shape index (κ3) is 8.30.